The minimum atomic E-state index is -0.244. The Morgan fingerprint density at radius 2 is 1.75 bits per heavy atom. The van der Waals surface area contributed by atoms with Crippen LogP contribution in [0.4, 0.5) is 0 Å². The van der Waals surface area contributed by atoms with Gasteiger partial charge in [0.2, 0.25) is 0 Å². The van der Waals surface area contributed by atoms with E-state index in [-0.39, 0.29) is 11.7 Å². The minimum absolute atomic E-state index is 0.00602. The molecule has 2 nitrogen and oxygen atoms in total. The second kappa shape index (κ2) is 4.64. The van der Waals surface area contributed by atoms with Crippen LogP contribution in [0.2, 0.25) is 0 Å². The molecule has 2 aromatic carbocycles. The summed E-state index contributed by atoms with van der Waals surface area (Å²) in [6, 6.07) is 14.7. The van der Waals surface area contributed by atoms with Gasteiger partial charge in [0.1, 0.15) is 11.9 Å². The van der Waals surface area contributed by atoms with Crippen LogP contribution in [0.25, 0.3) is 0 Å². The highest BCUT2D eigenvalue weighted by Gasteiger charge is 2.38. The first-order valence-corrected chi connectivity index (χ1v) is 6.94. The molecular formula is C18H20O2. The topological polar surface area (TPSA) is 18.5 Å². The Bertz CT molecular complexity index is 626. The molecule has 0 fully saturated rings. The fraction of sp³-hybridized carbons (Fsp3) is 0.333. The SMILES string of the molecule is COc1ccc([C@H]2OC(C)(C)c3cc(C)ccc32)cc1. The zero-order chi connectivity index (χ0) is 14.3. The molecular weight excluding hydrogens is 248 g/mol. The number of aryl methyl sites for hydroxylation is 1. The van der Waals surface area contributed by atoms with Crippen molar-refractivity contribution in [2.24, 2.45) is 0 Å². The molecule has 104 valence electrons. The third-order valence-corrected chi connectivity index (χ3v) is 3.97. The second-order valence-corrected chi connectivity index (χ2v) is 5.87. The molecule has 2 heteroatoms. The highest BCUT2D eigenvalue weighted by Crippen LogP contribution is 2.46. The summed E-state index contributed by atoms with van der Waals surface area (Å²) < 4.78 is 11.5. The molecule has 3 rings (SSSR count). The van der Waals surface area contributed by atoms with Gasteiger partial charge in [0.25, 0.3) is 0 Å². The number of ether oxygens (including phenoxy) is 2. The van der Waals surface area contributed by atoms with Crippen LogP contribution >= 0.6 is 0 Å². The maximum Gasteiger partial charge on any atom is 0.118 e. The highest BCUT2D eigenvalue weighted by atomic mass is 16.5. The predicted octanol–water partition coefficient (Wildman–Crippen LogP) is 4.36. The summed E-state index contributed by atoms with van der Waals surface area (Å²) in [5.41, 5.74) is 4.76. The van der Waals surface area contributed by atoms with Crippen LogP contribution in [-0.2, 0) is 10.3 Å². The summed E-state index contributed by atoms with van der Waals surface area (Å²) in [7, 11) is 1.68. The van der Waals surface area contributed by atoms with Gasteiger partial charge in [-0.25, -0.2) is 0 Å². The van der Waals surface area contributed by atoms with Gasteiger partial charge in [-0.15, -0.1) is 0 Å². The van der Waals surface area contributed by atoms with Gasteiger partial charge in [0, 0.05) is 0 Å². The number of benzene rings is 2. The first-order valence-electron chi connectivity index (χ1n) is 6.94. The monoisotopic (exact) mass is 268 g/mol. The lowest BCUT2D eigenvalue weighted by Crippen LogP contribution is -2.16. The van der Waals surface area contributed by atoms with Crippen molar-refractivity contribution in [2.45, 2.75) is 32.5 Å². The van der Waals surface area contributed by atoms with Crippen molar-refractivity contribution in [3.8, 4) is 5.75 Å². The molecule has 0 saturated heterocycles. The number of hydrogen-bond donors (Lipinski definition) is 0. The van der Waals surface area contributed by atoms with Crippen molar-refractivity contribution in [1.82, 2.24) is 0 Å². The Hall–Kier alpha value is -1.80. The van der Waals surface area contributed by atoms with E-state index in [0.29, 0.717) is 0 Å². The van der Waals surface area contributed by atoms with Crippen molar-refractivity contribution in [2.75, 3.05) is 7.11 Å². The molecule has 0 N–H and O–H groups in total. The van der Waals surface area contributed by atoms with Gasteiger partial charge in [0.05, 0.1) is 12.7 Å². The van der Waals surface area contributed by atoms with E-state index in [1.54, 1.807) is 7.11 Å². The van der Waals surface area contributed by atoms with Crippen LogP contribution in [0.5, 0.6) is 5.75 Å². The van der Waals surface area contributed by atoms with Gasteiger partial charge in [-0.05, 0) is 49.6 Å². The van der Waals surface area contributed by atoms with Gasteiger partial charge < -0.3 is 9.47 Å². The zero-order valence-corrected chi connectivity index (χ0v) is 12.4. The minimum Gasteiger partial charge on any atom is -0.497 e. The first-order chi connectivity index (χ1) is 9.51. The van der Waals surface area contributed by atoms with Crippen LogP contribution in [-0.4, -0.2) is 7.11 Å². The summed E-state index contributed by atoms with van der Waals surface area (Å²) in [5, 5.41) is 0. The number of rotatable bonds is 2. The van der Waals surface area contributed by atoms with Crippen LogP contribution in [0.15, 0.2) is 42.5 Å². The van der Waals surface area contributed by atoms with Gasteiger partial charge in [-0.2, -0.15) is 0 Å². The van der Waals surface area contributed by atoms with Crippen LogP contribution < -0.4 is 4.74 Å². The van der Waals surface area contributed by atoms with Gasteiger partial charge >= 0.3 is 0 Å². The smallest absolute Gasteiger partial charge is 0.118 e. The maximum absolute atomic E-state index is 6.29. The second-order valence-electron chi connectivity index (χ2n) is 5.87. The third kappa shape index (κ3) is 2.10. The summed E-state index contributed by atoms with van der Waals surface area (Å²) in [4.78, 5) is 0. The molecule has 20 heavy (non-hydrogen) atoms. The molecule has 0 amide bonds. The van der Waals surface area contributed by atoms with Gasteiger partial charge in [0.15, 0.2) is 0 Å². The number of hydrogen-bond acceptors (Lipinski definition) is 2. The van der Waals surface area contributed by atoms with E-state index in [2.05, 4.69) is 51.1 Å². The lowest BCUT2D eigenvalue weighted by molar-refractivity contribution is -0.0341. The summed E-state index contributed by atoms with van der Waals surface area (Å²) >= 11 is 0. The van der Waals surface area contributed by atoms with Crippen molar-refractivity contribution in [3.63, 3.8) is 0 Å². The highest BCUT2D eigenvalue weighted by molar-refractivity contribution is 5.45. The molecule has 0 radical (unpaired) electrons. The Labute approximate surface area is 120 Å². The normalized spacial score (nSPS) is 19.7. The fourth-order valence-corrected chi connectivity index (χ4v) is 2.87. The van der Waals surface area contributed by atoms with Crippen molar-refractivity contribution >= 4 is 0 Å². The zero-order valence-electron chi connectivity index (χ0n) is 12.4. The molecule has 0 spiro atoms. The molecule has 1 heterocycles. The molecule has 0 aromatic heterocycles. The number of fused-ring (bicyclic) bond motifs is 1. The van der Waals surface area contributed by atoms with Crippen molar-refractivity contribution < 1.29 is 9.47 Å². The van der Waals surface area contributed by atoms with Gasteiger partial charge in [-0.1, -0.05) is 35.9 Å². The summed E-state index contributed by atoms with van der Waals surface area (Å²) in [5.74, 6) is 0.870. The quantitative estimate of drug-likeness (QED) is 0.805. The average Bonchev–Trinajstić information content (AvgIpc) is 2.71. The number of methoxy groups -OCH3 is 1. The Kier molecular flexibility index (Phi) is 3.06. The van der Waals surface area contributed by atoms with E-state index in [1.165, 1.54) is 22.3 Å². The van der Waals surface area contributed by atoms with Crippen molar-refractivity contribution in [1.29, 1.82) is 0 Å². The molecule has 0 aliphatic carbocycles. The Balaban J connectivity index is 2.04. The fourth-order valence-electron chi connectivity index (χ4n) is 2.87. The summed E-state index contributed by atoms with van der Waals surface area (Å²) in [6.07, 6.45) is 0.00602. The largest absolute Gasteiger partial charge is 0.497 e. The van der Waals surface area contributed by atoms with Crippen LogP contribution in [0.3, 0.4) is 0 Å². The third-order valence-electron chi connectivity index (χ3n) is 3.97. The van der Waals surface area contributed by atoms with E-state index in [4.69, 9.17) is 9.47 Å². The van der Waals surface area contributed by atoms with Crippen LogP contribution in [0.1, 0.15) is 42.2 Å². The molecule has 0 bridgehead atoms. The van der Waals surface area contributed by atoms with Gasteiger partial charge in [-0.3, -0.25) is 0 Å². The molecule has 0 saturated carbocycles. The lowest BCUT2D eigenvalue weighted by Gasteiger charge is -2.21. The molecule has 2 aromatic rings. The predicted molar refractivity (Wildman–Crippen MR) is 80.1 cm³/mol. The van der Waals surface area contributed by atoms with E-state index >= 15 is 0 Å². The Morgan fingerprint density at radius 1 is 1.05 bits per heavy atom. The molecule has 1 atom stereocenters. The average molecular weight is 268 g/mol. The molecule has 1 aliphatic rings. The lowest BCUT2D eigenvalue weighted by atomic mass is 9.91. The molecule has 1 aliphatic heterocycles. The standard InChI is InChI=1S/C18H20O2/c1-12-5-10-15-16(11-12)18(2,3)20-17(15)13-6-8-14(19-4)9-7-13/h5-11,17H,1-4H3/t17-/m1/s1. The molecule has 0 unspecified atom stereocenters. The van der Waals surface area contributed by atoms with Crippen LogP contribution in [0, 0.1) is 6.92 Å². The van der Waals surface area contributed by atoms with Crippen molar-refractivity contribution in [3.05, 3.63) is 64.7 Å². The van der Waals surface area contributed by atoms with E-state index in [1.807, 2.05) is 12.1 Å². The van der Waals surface area contributed by atoms with E-state index in [0.717, 1.165) is 5.75 Å². The van der Waals surface area contributed by atoms with E-state index < -0.39 is 0 Å². The maximum atomic E-state index is 6.29. The summed E-state index contributed by atoms with van der Waals surface area (Å²) in [6.45, 7) is 6.39. The van der Waals surface area contributed by atoms with E-state index in [9.17, 15) is 0 Å². The Morgan fingerprint density at radius 3 is 2.40 bits per heavy atom. The first kappa shape index (κ1) is 13.2.